The highest BCUT2D eigenvalue weighted by molar-refractivity contribution is 7.89. The zero-order valence-electron chi connectivity index (χ0n) is 15.5. The number of carbonyl (C=O) groups excluding carboxylic acids is 1. The Hall–Kier alpha value is -2.36. The number of anilines is 1. The number of rotatable bonds is 6. The summed E-state index contributed by atoms with van der Waals surface area (Å²) in [6.45, 7) is 2.57. The molecule has 3 heterocycles. The Kier molecular flexibility index (Phi) is 5.13. The fourth-order valence-electron chi connectivity index (χ4n) is 3.47. The van der Waals surface area contributed by atoms with Crippen LogP contribution in [0.4, 0.5) is 5.69 Å². The van der Waals surface area contributed by atoms with Crippen LogP contribution in [0.1, 0.15) is 24.2 Å². The van der Waals surface area contributed by atoms with Crippen molar-refractivity contribution in [2.45, 2.75) is 37.3 Å². The molecule has 4 rings (SSSR count). The standard InChI is InChI=1S/C19H22N2O6S/c1-13-8-16-17(27-12-19(22)20-16)9-18(13)28(23,24)21(10-14-4-2-6-25-14)11-15-5-3-7-26-15/h2,4,6,8-9,15H,3,5,7,10-12H2,1H3,(H,20,22)/t15-/m0/s1. The molecule has 2 aliphatic heterocycles. The van der Waals surface area contributed by atoms with Gasteiger partial charge in [0.1, 0.15) is 11.5 Å². The third-order valence-electron chi connectivity index (χ3n) is 4.87. The van der Waals surface area contributed by atoms with E-state index in [4.69, 9.17) is 13.9 Å². The van der Waals surface area contributed by atoms with E-state index in [0.717, 1.165) is 12.8 Å². The number of furan rings is 1. The smallest absolute Gasteiger partial charge is 0.262 e. The Balaban J connectivity index is 1.68. The predicted molar refractivity (Wildman–Crippen MR) is 101 cm³/mol. The molecule has 1 atom stereocenters. The van der Waals surface area contributed by atoms with Crippen molar-refractivity contribution in [2.24, 2.45) is 0 Å². The largest absolute Gasteiger partial charge is 0.482 e. The van der Waals surface area contributed by atoms with Crippen molar-refractivity contribution in [3.8, 4) is 5.75 Å². The fourth-order valence-corrected chi connectivity index (χ4v) is 5.13. The molecule has 1 saturated heterocycles. The molecule has 2 aliphatic rings. The molecule has 8 nitrogen and oxygen atoms in total. The first-order valence-corrected chi connectivity index (χ1v) is 10.6. The highest BCUT2D eigenvalue weighted by atomic mass is 32.2. The number of nitrogens with one attached hydrogen (secondary N) is 1. The van der Waals surface area contributed by atoms with Crippen LogP contribution in [0.15, 0.2) is 39.8 Å². The molecule has 2 aromatic rings. The third-order valence-corrected chi connectivity index (χ3v) is 6.83. The molecule has 150 valence electrons. The average molecular weight is 406 g/mol. The number of amides is 1. The van der Waals surface area contributed by atoms with Crippen molar-refractivity contribution in [3.05, 3.63) is 41.9 Å². The van der Waals surface area contributed by atoms with Crippen molar-refractivity contribution < 1.29 is 27.1 Å². The van der Waals surface area contributed by atoms with E-state index in [1.54, 1.807) is 25.1 Å². The van der Waals surface area contributed by atoms with Gasteiger partial charge in [-0.25, -0.2) is 8.42 Å². The van der Waals surface area contributed by atoms with Gasteiger partial charge in [-0.2, -0.15) is 4.31 Å². The molecule has 9 heteroatoms. The first kappa shape index (κ1) is 19.0. The van der Waals surface area contributed by atoms with Gasteiger partial charge in [0, 0.05) is 19.2 Å². The van der Waals surface area contributed by atoms with Gasteiger partial charge >= 0.3 is 0 Å². The number of carbonyl (C=O) groups is 1. The second-order valence-corrected chi connectivity index (χ2v) is 8.87. The Morgan fingerprint density at radius 3 is 2.89 bits per heavy atom. The lowest BCUT2D eigenvalue weighted by Gasteiger charge is -2.26. The van der Waals surface area contributed by atoms with E-state index in [1.165, 1.54) is 16.6 Å². The maximum Gasteiger partial charge on any atom is 0.262 e. The number of aryl methyl sites for hydroxylation is 1. The van der Waals surface area contributed by atoms with Gasteiger partial charge in [-0.3, -0.25) is 4.79 Å². The second-order valence-electron chi connectivity index (χ2n) is 6.96. The lowest BCUT2D eigenvalue weighted by atomic mass is 10.2. The quantitative estimate of drug-likeness (QED) is 0.790. The molecule has 1 aromatic carbocycles. The molecule has 28 heavy (non-hydrogen) atoms. The van der Waals surface area contributed by atoms with Crippen molar-refractivity contribution in [3.63, 3.8) is 0 Å². The first-order chi connectivity index (χ1) is 13.4. The molecular weight excluding hydrogens is 384 g/mol. The number of hydrogen-bond donors (Lipinski definition) is 1. The molecule has 0 aliphatic carbocycles. The monoisotopic (exact) mass is 406 g/mol. The lowest BCUT2D eigenvalue weighted by molar-refractivity contribution is -0.118. The minimum absolute atomic E-state index is 0.114. The summed E-state index contributed by atoms with van der Waals surface area (Å²) in [6, 6.07) is 6.57. The number of nitrogens with zero attached hydrogens (tertiary/aromatic N) is 1. The van der Waals surface area contributed by atoms with E-state index in [2.05, 4.69) is 5.32 Å². The number of hydrogen-bond acceptors (Lipinski definition) is 6. The van der Waals surface area contributed by atoms with E-state index >= 15 is 0 Å². The molecule has 0 unspecified atom stereocenters. The Bertz CT molecular complexity index is 965. The van der Waals surface area contributed by atoms with Crippen LogP contribution in [0.3, 0.4) is 0 Å². The maximum atomic E-state index is 13.5. The topological polar surface area (TPSA) is 98.1 Å². The summed E-state index contributed by atoms with van der Waals surface area (Å²) in [4.78, 5) is 11.7. The van der Waals surface area contributed by atoms with Gasteiger partial charge < -0.3 is 19.2 Å². The summed E-state index contributed by atoms with van der Waals surface area (Å²) in [5, 5.41) is 2.70. The summed E-state index contributed by atoms with van der Waals surface area (Å²) in [5.74, 6) is 0.639. The maximum absolute atomic E-state index is 13.5. The Morgan fingerprint density at radius 2 is 2.18 bits per heavy atom. The summed E-state index contributed by atoms with van der Waals surface area (Å²) in [7, 11) is -3.84. The minimum atomic E-state index is -3.84. The third kappa shape index (κ3) is 3.78. The highest BCUT2D eigenvalue weighted by Crippen LogP contribution is 2.34. The van der Waals surface area contributed by atoms with Gasteiger partial charge in [-0.1, -0.05) is 0 Å². The molecule has 1 amide bonds. The zero-order chi connectivity index (χ0) is 19.7. The van der Waals surface area contributed by atoms with Crippen molar-refractivity contribution in [1.82, 2.24) is 4.31 Å². The number of benzene rings is 1. The lowest BCUT2D eigenvalue weighted by Crippen LogP contribution is -2.37. The van der Waals surface area contributed by atoms with Gasteiger partial charge in [0.05, 0.1) is 29.5 Å². The molecular formula is C19H22N2O6S. The Morgan fingerprint density at radius 1 is 1.32 bits per heavy atom. The zero-order valence-corrected chi connectivity index (χ0v) is 16.3. The van der Waals surface area contributed by atoms with E-state index < -0.39 is 10.0 Å². The van der Waals surface area contributed by atoms with Crippen LogP contribution in [0.5, 0.6) is 5.75 Å². The predicted octanol–water partition coefficient (Wildman–Crippen LogP) is 2.29. The van der Waals surface area contributed by atoms with Gasteiger partial charge in [0.25, 0.3) is 5.91 Å². The molecule has 0 spiro atoms. The number of fused-ring (bicyclic) bond motifs is 1. The molecule has 0 radical (unpaired) electrons. The summed E-state index contributed by atoms with van der Waals surface area (Å²) in [6.07, 6.45) is 3.12. The van der Waals surface area contributed by atoms with E-state index in [1.807, 2.05) is 0 Å². The highest BCUT2D eigenvalue weighted by Gasteiger charge is 2.32. The van der Waals surface area contributed by atoms with Crippen molar-refractivity contribution in [2.75, 3.05) is 25.1 Å². The first-order valence-electron chi connectivity index (χ1n) is 9.15. The van der Waals surface area contributed by atoms with Gasteiger partial charge in [0.2, 0.25) is 10.0 Å². The minimum Gasteiger partial charge on any atom is -0.482 e. The molecule has 1 aromatic heterocycles. The van der Waals surface area contributed by atoms with Crippen LogP contribution in [-0.2, 0) is 26.1 Å². The fraction of sp³-hybridized carbons (Fsp3) is 0.421. The number of sulfonamides is 1. The summed E-state index contributed by atoms with van der Waals surface area (Å²) in [5.41, 5.74) is 1.01. The van der Waals surface area contributed by atoms with Gasteiger partial charge in [-0.15, -0.1) is 0 Å². The molecule has 1 N–H and O–H groups in total. The van der Waals surface area contributed by atoms with Crippen LogP contribution < -0.4 is 10.1 Å². The van der Waals surface area contributed by atoms with E-state index in [-0.39, 0.29) is 36.6 Å². The number of ether oxygens (including phenoxy) is 2. The van der Waals surface area contributed by atoms with Crippen LogP contribution in [0, 0.1) is 6.92 Å². The normalized spacial score (nSPS) is 19.4. The average Bonchev–Trinajstić information content (AvgIpc) is 3.34. The van der Waals surface area contributed by atoms with E-state index in [9.17, 15) is 13.2 Å². The van der Waals surface area contributed by atoms with E-state index in [0.29, 0.717) is 29.4 Å². The van der Waals surface area contributed by atoms with Crippen LogP contribution in [0.2, 0.25) is 0 Å². The van der Waals surface area contributed by atoms with Gasteiger partial charge in [0.15, 0.2) is 6.61 Å². The van der Waals surface area contributed by atoms with Gasteiger partial charge in [-0.05, 0) is 43.5 Å². The molecule has 0 saturated carbocycles. The SMILES string of the molecule is Cc1cc2c(cc1S(=O)(=O)N(Cc1ccco1)C[C@@H]1CCCO1)OCC(=O)N2. The summed E-state index contributed by atoms with van der Waals surface area (Å²) >= 11 is 0. The molecule has 0 bridgehead atoms. The van der Waals surface area contributed by atoms with Crippen LogP contribution in [-0.4, -0.2) is 44.5 Å². The van der Waals surface area contributed by atoms with Crippen molar-refractivity contribution >= 4 is 21.6 Å². The second kappa shape index (κ2) is 7.57. The van der Waals surface area contributed by atoms with Crippen LogP contribution >= 0.6 is 0 Å². The summed E-state index contributed by atoms with van der Waals surface area (Å²) < 4.78 is 44.8. The van der Waals surface area contributed by atoms with Crippen LogP contribution in [0.25, 0.3) is 0 Å². The molecule has 1 fully saturated rings. The Labute approximate surface area is 163 Å². The van der Waals surface area contributed by atoms with Crippen molar-refractivity contribution in [1.29, 1.82) is 0 Å².